The third-order valence-electron chi connectivity index (χ3n) is 3.30. The van der Waals surface area contributed by atoms with Gasteiger partial charge in [0.25, 0.3) is 0 Å². The van der Waals surface area contributed by atoms with Crippen LogP contribution in [-0.4, -0.2) is 12.5 Å². The molecule has 1 N–H and O–H groups in total. The largest absolute Gasteiger partial charge is 0.416 e. The maximum Gasteiger partial charge on any atom is 0.416 e. The molecule has 0 aliphatic heterocycles. The van der Waals surface area contributed by atoms with Crippen LogP contribution in [0.25, 0.3) is 0 Å². The molecule has 0 heterocycles. The first-order valence-corrected chi connectivity index (χ1v) is 7.39. The van der Waals surface area contributed by atoms with Crippen LogP contribution in [-0.2, 0) is 23.8 Å². The van der Waals surface area contributed by atoms with E-state index in [1.165, 1.54) is 12.1 Å². The summed E-state index contributed by atoms with van der Waals surface area (Å²) in [5, 5.41) is 3.35. The lowest BCUT2D eigenvalue weighted by molar-refractivity contribution is -0.137. The van der Waals surface area contributed by atoms with Gasteiger partial charge in [-0.1, -0.05) is 35.9 Å². The van der Waals surface area contributed by atoms with E-state index in [-0.39, 0.29) is 12.3 Å². The molecule has 2 rings (SSSR count). The molecule has 0 aliphatic carbocycles. The van der Waals surface area contributed by atoms with Crippen LogP contribution in [0.15, 0.2) is 48.5 Å². The Morgan fingerprint density at radius 1 is 0.957 bits per heavy atom. The summed E-state index contributed by atoms with van der Waals surface area (Å²) < 4.78 is 37.3. The second-order valence-electron chi connectivity index (χ2n) is 5.10. The third kappa shape index (κ3) is 5.60. The molecule has 23 heavy (non-hydrogen) atoms. The molecule has 6 heteroatoms. The highest BCUT2D eigenvalue weighted by molar-refractivity contribution is 6.30. The van der Waals surface area contributed by atoms with Gasteiger partial charge in [0.1, 0.15) is 0 Å². The van der Waals surface area contributed by atoms with Crippen LogP contribution in [0.2, 0.25) is 5.02 Å². The zero-order chi connectivity index (χ0) is 16.9. The molecule has 2 aromatic rings. The first kappa shape index (κ1) is 17.3. The van der Waals surface area contributed by atoms with E-state index in [9.17, 15) is 18.0 Å². The highest BCUT2D eigenvalue weighted by atomic mass is 35.5. The molecule has 122 valence electrons. The molecule has 0 atom stereocenters. The van der Waals surface area contributed by atoms with Crippen molar-refractivity contribution in [3.05, 3.63) is 70.2 Å². The number of alkyl halides is 3. The van der Waals surface area contributed by atoms with Gasteiger partial charge in [0.2, 0.25) is 5.91 Å². The summed E-state index contributed by atoms with van der Waals surface area (Å²) >= 11 is 5.77. The van der Waals surface area contributed by atoms with Crippen LogP contribution < -0.4 is 5.32 Å². The molecule has 2 aromatic carbocycles. The highest BCUT2D eigenvalue weighted by Crippen LogP contribution is 2.29. The monoisotopic (exact) mass is 341 g/mol. The number of nitrogens with one attached hydrogen (secondary N) is 1. The van der Waals surface area contributed by atoms with Gasteiger partial charge in [-0.05, 0) is 41.8 Å². The minimum Gasteiger partial charge on any atom is -0.355 e. The summed E-state index contributed by atoms with van der Waals surface area (Å²) in [7, 11) is 0. The van der Waals surface area contributed by atoms with Crippen LogP contribution in [0.3, 0.4) is 0 Å². The van der Waals surface area contributed by atoms with Crippen molar-refractivity contribution in [3.63, 3.8) is 0 Å². The van der Waals surface area contributed by atoms with Gasteiger partial charge in [0.15, 0.2) is 0 Å². The third-order valence-corrected chi connectivity index (χ3v) is 3.55. The molecular weight excluding hydrogens is 327 g/mol. The topological polar surface area (TPSA) is 29.1 Å². The van der Waals surface area contributed by atoms with Crippen LogP contribution in [0, 0.1) is 0 Å². The fourth-order valence-corrected chi connectivity index (χ4v) is 2.18. The standard InChI is InChI=1S/C17H15ClF3NO/c18-15-7-3-13(4-8-15)11-16(23)22-10-9-12-1-5-14(6-2-12)17(19,20)21/h1-8H,9-11H2,(H,22,23). The van der Waals surface area contributed by atoms with Crippen LogP contribution in [0.1, 0.15) is 16.7 Å². The second kappa shape index (κ2) is 7.51. The van der Waals surface area contributed by atoms with Crippen molar-refractivity contribution in [3.8, 4) is 0 Å². The lowest BCUT2D eigenvalue weighted by Crippen LogP contribution is -2.27. The van der Waals surface area contributed by atoms with Gasteiger partial charge in [-0.3, -0.25) is 4.79 Å². The minimum absolute atomic E-state index is 0.140. The number of hydrogen-bond donors (Lipinski definition) is 1. The molecule has 0 unspecified atom stereocenters. The Morgan fingerprint density at radius 3 is 2.09 bits per heavy atom. The molecule has 0 aromatic heterocycles. The molecule has 0 bridgehead atoms. The van der Waals surface area contributed by atoms with Crippen molar-refractivity contribution >= 4 is 17.5 Å². The normalized spacial score (nSPS) is 11.3. The molecule has 0 saturated heterocycles. The Kier molecular flexibility index (Phi) is 5.66. The predicted octanol–water partition coefficient (Wildman–Crippen LogP) is 4.26. The van der Waals surface area contributed by atoms with Crippen molar-refractivity contribution in [1.29, 1.82) is 0 Å². The number of hydrogen-bond acceptors (Lipinski definition) is 1. The Balaban J connectivity index is 1.78. The van der Waals surface area contributed by atoms with E-state index in [0.717, 1.165) is 23.3 Å². The van der Waals surface area contributed by atoms with Gasteiger partial charge in [-0.2, -0.15) is 13.2 Å². The van der Waals surface area contributed by atoms with E-state index >= 15 is 0 Å². The molecular formula is C17H15ClF3NO. The first-order chi connectivity index (χ1) is 10.8. The van der Waals surface area contributed by atoms with E-state index < -0.39 is 11.7 Å². The summed E-state index contributed by atoms with van der Waals surface area (Å²) in [4.78, 5) is 11.8. The first-order valence-electron chi connectivity index (χ1n) is 7.02. The zero-order valence-corrected chi connectivity index (χ0v) is 12.9. The maximum atomic E-state index is 12.4. The second-order valence-corrected chi connectivity index (χ2v) is 5.53. The van der Waals surface area contributed by atoms with Crippen molar-refractivity contribution in [1.82, 2.24) is 5.32 Å². The molecule has 2 nitrogen and oxygen atoms in total. The number of carbonyl (C=O) groups is 1. The van der Waals surface area contributed by atoms with Gasteiger partial charge in [-0.15, -0.1) is 0 Å². The summed E-state index contributed by atoms with van der Waals surface area (Å²) in [6.45, 7) is 0.373. The molecule has 0 saturated carbocycles. The summed E-state index contributed by atoms with van der Waals surface area (Å²) in [6, 6.07) is 11.9. The number of halogens is 4. The molecule has 0 aliphatic rings. The number of amides is 1. The fraction of sp³-hybridized carbons (Fsp3) is 0.235. The highest BCUT2D eigenvalue weighted by Gasteiger charge is 2.29. The van der Waals surface area contributed by atoms with E-state index in [2.05, 4.69) is 5.32 Å². The summed E-state index contributed by atoms with van der Waals surface area (Å²) in [5.74, 6) is -0.140. The van der Waals surface area contributed by atoms with Gasteiger partial charge >= 0.3 is 6.18 Å². The van der Waals surface area contributed by atoms with Crippen molar-refractivity contribution < 1.29 is 18.0 Å². The Bertz CT molecular complexity index is 651. The SMILES string of the molecule is O=C(Cc1ccc(Cl)cc1)NCCc1ccc(C(F)(F)F)cc1. The van der Waals surface area contributed by atoms with Gasteiger partial charge < -0.3 is 5.32 Å². The van der Waals surface area contributed by atoms with Crippen molar-refractivity contribution in [2.24, 2.45) is 0 Å². The fourth-order valence-electron chi connectivity index (χ4n) is 2.06. The Morgan fingerprint density at radius 2 is 1.52 bits per heavy atom. The Hall–Kier alpha value is -2.01. The van der Waals surface area contributed by atoms with E-state index in [0.29, 0.717) is 18.0 Å². The smallest absolute Gasteiger partial charge is 0.355 e. The molecule has 0 radical (unpaired) electrons. The van der Waals surface area contributed by atoms with Gasteiger partial charge in [0.05, 0.1) is 12.0 Å². The van der Waals surface area contributed by atoms with Crippen LogP contribution >= 0.6 is 11.6 Å². The summed E-state index contributed by atoms with van der Waals surface area (Å²) in [5.41, 5.74) is 0.916. The summed E-state index contributed by atoms with van der Waals surface area (Å²) in [6.07, 6.45) is -3.61. The number of benzene rings is 2. The lowest BCUT2D eigenvalue weighted by Gasteiger charge is -2.08. The van der Waals surface area contributed by atoms with Crippen molar-refractivity contribution in [2.45, 2.75) is 19.0 Å². The van der Waals surface area contributed by atoms with E-state index in [4.69, 9.17) is 11.6 Å². The van der Waals surface area contributed by atoms with Crippen LogP contribution in [0.5, 0.6) is 0 Å². The molecule has 1 amide bonds. The van der Waals surface area contributed by atoms with Gasteiger partial charge in [-0.25, -0.2) is 0 Å². The maximum absolute atomic E-state index is 12.4. The number of rotatable bonds is 5. The average molecular weight is 342 g/mol. The zero-order valence-electron chi connectivity index (χ0n) is 12.2. The minimum atomic E-state index is -4.33. The van der Waals surface area contributed by atoms with Crippen molar-refractivity contribution in [2.75, 3.05) is 6.54 Å². The quantitative estimate of drug-likeness (QED) is 0.865. The Labute approximate surface area is 137 Å². The number of carbonyl (C=O) groups excluding carboxylic acids is 1. The average Bonchev–Trinajstić information content (AvgIpc) is 2.49. The molecule has 0 fully saturated rings. The van der Waals surface area contributed by atoms with E-state index in [1.807, 2.05) is 0 Å². The van der Waals surface area contributed by atoms with Crippen LogP contribution in [0.4, 0.5) is 13.2 Å². The molecule has 0 spiro atoms. The van der Waals surface area contributed by atoms with E-state index in [1.54, 1.807) is 24.3 Å². The predicted molar refractivity (Wildman–Crippen MR) is 83.3 cm³/mol. The van der Waals surface area contributed by atoms with Gasteiger partial charge in [0, 0.05) is 11.6 Å². The lowest BCUT2D eigenvalue weighted by atomic mass is 10.1.